The molecule has 2 nitrogen and oxygen atoms in total. The average Bonchev–Trinajstić information content (AvgIpc) is 2.25. The van der Waals surface area contributed by atoms with Crippen LogP contribution >= 0.6 is 0 Å². The Labute approximate surface area is 101 Å². The fraction of sp³-hybridized carbons (Fsp3) is 0.267. The number of rotatable bonds is 1. The van der Waals surface area contributed by atoms with Crippen molar-refractivity contribution in [2.24, 2.45) is 5.73 Å². The highest BCUT2D eigenvalue weighted by Crippen LogP contribution is 2.31. The lowest BCUT2D eigenvalue weighted by Crippen LogP contribution is -2.15. The Balaban J connectivity index is 3.06. The largest absolute Gasteiger partial charge is 0.366 e. The van der Waals surface area contributed by atoms with Crippen molar-refractivity contribution in [3.63, 3.8) is 0 Å². The number of nitrogens with two attached hydrogens (primary N) is 1. The van der Waals surface area contributed by atoms with E-state index in [4.69, 9.17) is 5.73 Å². The van der Waals surface area contributed by atoms with E-state index in [-0.39, 0.29) is 5.91 Å². The second-order valence-electron chi connectivity index (χ2n) is 4.61. The highest BCUT2D eigenvalue weighted by molar-refractivity contribution is 6.04. The van der Waals surface area contributed by atoms with Crippen molar-refractivity contribution in [1.82, 2.24) is 0 Å². The molecule has 0 bridgehead atoms. The number of aryl methyl sites for hydroxylation is 3. The third-order valence-electron chi connectivity index (χ3n) is 3.61. The van der Waals surface area contributed by atoms with E-state index >= 15 is 0 Å². The van der Waals surface area contributed by atoms with Gasteiger partial charge in [-0.2, -0.15) is 0 Å². The smallest absolute Gasteiger partial charge is 0.249 e. The van der Waals surface area contributed by atoms with Crippen LogP contribution in [0.5, 0.6) is 0 Å². The molecular weight excluding hydrogens is 210 g/mol. The van der Waals surface area contributed by atoms with Gasteiger partial charge in [0.15, 0.2) is 0 Å². The molecule has 0 fully saturated rings. The SMILES string of the molecule is Cc1c(C(N)=O)c(C)c2cccc(C)c2c1C. The highest BCUT2D eigenvalue weighted by Gasteiger charge is 2.16. The first-order chi connectivity index (χ1) is 7.95. The van der Waals surface area contributed by atoms with Gasteiger partial charge in [-0.15, -0.1) is 0 Å². The number of benzene rings is 2. The molecule has 0 aromatic heterocycles. The Morgan fingerprint density at radius 1 is 1.00 bits per heavy atom. The predicted octanol–water partition coefficient (Wildman–Crippen LogP) is 3.17. The molecule has 0 unspecified atom stereocenters. The first-order valence-corrected chi connectivity index (χ1v) is 5.74. The zero-order valence-corrected chi connectivity index (χ0v) is 10.7. The van der Waals surface area contributed by atoms with Crippen LogP contribution in [0.25, 0.3) is 10.8 Å². The summed E-state index contributed by atoms with van der Waals surface area (Å²) in [4.78, 5) is 11.5. The van der Waals surface area contributed by atoms with Gasteiger partial charge < -0.3 is 5.73 Å². The molecular formula is C15H17NO. The van der Waals surface area contributed by atoms with E-state index in [2.05, 4.69) is 26.0 Å². The molecule has 1 amide bonds. The van der Waals surface area contributed by atoms with Crippen LogP contribution in [0.1, 0.15) is 32.6 Å². The van der Waals surface area contributed by atoms with Gasteiger partial charge in [-0.3, -0.25) is 4.79 Å². The number of carbonyl (C=O) groups is 1. The summed E-state index contributed by atoms with van der Waals surface area (Å²) >= 11 is 0. The molecule has 2 rings (SSSR count). The minimum Gasteiger partial charge on any atom is -0.366 e. The zero-order chi connectivity index (χ0) is 12.7. The fourth-order valence-electron chi connectivity index (χ4n) is 2.64. The second kappa shape index (κ2) is 3.88. The molecule has 0 aliphatic rings. The number of carbonyl (C=O) groups excluding carboxylic acids is 1. The van der Waals surface area contributed by atoms with Crippen LogP contribution in [0, 0.1) is 27.7 Å². The average molecular weight is 227 g/mol. The van der Waals surface area contributed by atoms with E-state index in [0.717, 1.165) is 22.1 Å². The molecule has 0 heterocycles. The standard InChI is InChI=1S/C15H17NO/c1-8-6-5-7-12-11(4)14(15(16)17)10(3)9(2)13(8)12/h5-7H,1-4H3,(H2,16,17). The van der Waals surface area contributed by atoms with Crippen molar-refractivity contribution < 1.29 is 4.79 Å². The minimum atomic E-state index is -0.341. The van der Waals surface area contributed by atoms with Gasteiger partial charge in [-0.05, 0) is 60.7 Å². The molecule has 0 aliphatic carbocycles. The summed E-state index contributed by atoms with van der Waals surface area (Å²) in [6.45, 7) is 8.08. The lowest BCUT2D eigenvalue weighted by molar-refractivity contribution is 0.0999. The maximum Gasteiger partial charge on any atom is 0.249 e. The maximum atomic E-state index is 11.5. The van der Waals surface area contributed by atoms with Gasteiger partial charge in [0.1, 0.15) is 0 Å². The van der Waals surface area contributed by atoms with Crippen LogP contribution in [-0.4, -0.2) is 5.91 Å². The topological polar surface area (TPSA) is 43.1 Å². The van der Waals surface area contributed by atoms with E-state index in [1.54, 1.807) is 0 Å². The Morgan fingerprint density at radius 2 is 1.65 bits per heavy atom. The molecule has 0 saturated carbocycles. The van der Waals surface area contributed by atoms with Crippen LogP contribution in [0.3, 0.4) is 0 Å². The second-order valence-corrected chi connectivity index (χ2v) is 4.61. The van der Waals surface area contributed by atoms with Crippen molar-refractivity contribution in [2.45, 2.75) is 27.7 Å². The van der Waals surface area contributed by atoms with Gasteiger partial charge in [-0.1, -0.05) is 18.2 Å². The summed E-state index contributed by atoms with van der Waals surface area (Å²) in [6.07, 6.45) is 0. The lowest BCUT2D eigenvalue weighted by atomic mass is 9.89. The van der Waals surface area contributed by atoms with E-state index in [0.29, 0.717) is 5.56 Å². The van der Waals surface area contributed by atoms with Crippen LogP contribution in [0.2, 0.25) is 0 Å². The third kappa shape index (κ3) is 1.60. The molecule has 17 heavy (non-hydrogen) atoms. The minimum absolute atomic E-state index is 0.341. The first kappa shape index (κ1) is 11.6. The normalized spacial score (nSPS) is 10.8. The highest BCUT2D eigenvalue weighted by atomic mass is 16.1. The summed E-state index contributed by atoms with van der Waals surface area (Å²) in [5.41, 5.74) is 10.5. The summed E-state index contributed by atoms with van der Waals surface area (Å²) in [7, 11) is 0. The van der Waals surface area contributed by atoms with Gasteiger partial charge in [0, 0.05) is 5.56 Å². The molecule has 2 aromatic carbocycles. The van der Waals surface area contributed by atoms with Gasteiger partial charge in [-0.25, -0.2) is 0 Å². The fourth-order valence-corrected chi connectivity index (χ4v) is 2.64. The Kier molecular flexibility index (Phi) is 2.66. The molecule has 88 valence electrons. The van der Waals surface area contributed by atoms with Crippen LogP contribution < -0.4 is 5.73 Å². The molecule has 2 heteroatoms. The van der Waals surface area contributed by atoms with Gasteiger partial charge in [0.2, 0.25) is 5.91 Å². The summed E-state index contributed by atoms with van der Waals surface area (Å²) < 4.78 is 0. The number of hydrogen-bond donors (Lipinski definition) is 1. The molecule has 2 aromatic rings. The first-order valence-electron chi connectivity index (χ1n) is 5.74. The quantitative estimate of drug-likeness (QED) is 0.799. The molecule has 0 spiro atoms. The molecule has 2 N–H and O–H groups in total. The Hall–Kier alpha value is -1.83. The van der Waals surface area contributed by atoms with Gasteiger partial charge in [0.25, 0.3) is 0 Å². The van der Waals surface area contributed by atoms with Crippen molar-refractivity contribution in [3.8, 4) is 0 Å². The Morgan fingerprint density at radius 3 is 2.24 bits per heavy atom. The van der Waals surface area contributed by atoms with Crippen molar-refractivity contribution in [2.75, 3.05) is 0 Å². The number of hydrogen-bond acceptors (Lipinski definition) is 1. The van der Waals surface area contributed by atoms with Crippen molar-refractivity contribution in [1.29, 1.82) is 0 Å². The van der Waals surface area contributed by atoms with E-state index < -0.39 is 0 Å². The number of fused-ring (bicyclic) bond motifs is 1. The van der Waals surface area contributed by atoms with Gasteiger partial charge >= 0.3 is 0 Å². The van der Waals surface area contributed by atoms with Gasteiger partial charge in [0.05, 0.1) is 0 Å². The van der Waals surface area contributed by atoms with E-state index in [1.165, 1.54) is 10.9 Å². The maximum absolute atomic E-state index is 11.5. The molecule has 0 saturated heterocycles. The molecule has 0 radical (unpaired) electrons. The monoisotopic (exact) mass is 227 g/mol. The van der Waals surface area contributed by atoms with E-state index in [9.17, 15) is 4.79 Å². The lowest BCUT2D eigenvalue weighted by Gasteiger charge is -2.16. The van der Waals surface area contributed by atoms with Crippen LogP contribution in [0.15, 0.2) is 18.2 Å². The van der Waals surface area contributed by atoms with Crippen LogP contribution in [-0.2, 0) is 0 Å². The number of primary amides is 1. The summed E-state index contributed by atoms with van der Waals surface area (Å²) in [5, 5.41) is 2.37. The van der Waals surface area contributed by atoms with E-state index in [1.807, 2.05) is 19.9 Å². The van der Waals surface area contributed by atoms with Crippen LogP contribution in [0.4, 0.5) is 0 Å². The summed E-state index contributed by atoms with van der Waals surface area (Å²) in [5.74, 6) is -0.341. The molecule has 0 atom stereocenters. The Bertz CT molecular complexity index is 627. The predicted molar refractivity (Wildman–Crippen MR) is 71.4 cm³/mol. The summed E-state index contributed by atoms with van der Waals surface area (Å²) in [6, 6.07) is 6.17. The molecule has 0 aliphatic heterocycles. The van der Waals surface area contributed by atoms with Crippen molar-refractivity contribution >= 4 is 16.7 Å². The zero-order valence-electron chi connectivity index (χ0n) is 10.7. The third-order valence-corrected chi connectivity index (χ3v) is 3.61. The van der Waals surface area contributed by atoms with Crippen molar-refractivity contribution in [3.05, 3.63) is 46.0 Å². The number of amides is 1.